The molecule has 1 N–H and O–H groups in total. The van der Waals surface area contributed by atoms with Gasteiger partial charge in [-0.3, -0.25) is 0 Å². The SMILES string of the molecule is CC(C)CCN[C@@H]1COC[C@H]1F. The van der Waals surface area contributed by atoms with Crippen molar-refractivity contribution < 1.29 is 9.13 Å². The number of nitrogens with one attached hydrogen (secondary N) is 1. The fraction of sp³-hybridized carbons (Fsp3) is 1.00. The lowest BCUT2D eigenvalue weighted by Gasteiger charge is -2.13. The second-order valence-electron chi connectivity index (χ2n) is 3.80. The average Bonchev–Trinajstić information content (AvgIpc) is 2.36. The van der Waals surface area contributed by atoms with Crippen molar-refractivity contribution in [3.05, 3.63) is 0 Å². The Labute approximate surface area is 73.5 Å². The Hall–Kier alpha value is -0.150. The van der Waals surface area contributed by atoms with Gasteiger partial charge in [0.05, 0.1) is 19.3 Å². The molecular weight excluding hydrogens is 157 g/mol. The summed E-state index contributed by atoms with van der Waals surface area (Å²) in [4.78, 5) is 0. The van der Waals surface area contributed by atoms with Crippen LogP contribution in [0.25, 0.3) is 0 Å². The Bertz CT molecular complexity index is 130. The Balaban J connectivity index is 2.06. The first-order valence-corrected chi connectivity index (χ1v) is 4.65. The molecule has 1 aliphatic rings. The third-order valence-corrected chi connectivity index (χ3v) is 2.14. The quantitative estimate of drug-likeness (QED) is 0.696. The van der Waals surface area contributed by atoms with Crippen molar-refractivity contribution in [1.29, 1.82) is 0 Å². The summed E-state index contributed by atoms with van der Waals surface area (Å²) in [5.41, 5.74) is 0. The summed E-state index contributed by atoms with van der Waals surface area (Å²) in [7, 11) is 0. The van der Waals surface area contributed by atoms with Crippen LogP contribution in [0.5, 0.6) is 0 Å². The molecule has 1 saturated heterocycles. The number of ether oxygens (including phenoxy) is 1. The van der Waals surface area contributed by atoms with Crippen LogP contribution in [0.15, 0.2) is 0 Å². The highest BCUT2D eigenvalue weighted by molar-refractivity contribution is 4.80. The van der Waals surface area contributed by atoms with Crippen LogP contribution in [0.2, 0.25) is 0 Å². The van der Waals surface area contributed by atoms with Crippen LogP contribution in [0.4, 0.5) is 4.39 Å². The summed E-state index contributed by atoms with van der Waals surface area (Å²) in [6.45, 7) is 6.02. The van der Waals surface area contributed by atoms with E-state index in [9.17, 15) is 4.39 Å². The minimum Gasteiger partial charge on any atom is -0.377 e. The van der Waals surface area contributed by atoms with Gasteiger partial charge >= 0.3 is 0 Å². The third-order valence-electron chi connectivity index (χ3n) is 2.14. The van der Waals surface area contributed by atoms with Crippen molar-refractivity contribution in [2.45, 2.75) is 32.5 Å². The van der Waals surface area contributed by atoms with E-state index in [0.29, 0.717) is 12.5 Å². The monoisotopic (exact) mass is 175 g/mol. The first kappa shape index (κ1) is 9.93. The molecular formula is C9H18FNO. The fourth-order valence-electron chi connectivity index (χ4n) is 1.27. The van der Waals surface area contributed by atoms with Gasteiger partial charge in [-0.15, -0.1) is 0 Å². The lowest BCUT2D eigenvalue weighted by atomic mass is 10.1. The summed E-state index contributed by atoms with van der Waals surface area (Å²) in [6.07, 6.45) is 0.292. The third kappa shape index (κ3) is 3.07. The summed E-state index contributed by atoms with van der Waals surface area (Å²) in [5.74, 6) is 0.679. The van der Waals surface area contributed by atoms with E-state index in [1.54, 1.807) is 0 Å². The number of alkyl halides is 1. The van der Waals surface area contributed by atoms with Gasteiger partial charge in [-0.25, -0.2) is 4.39 Å². The highest BCUT2D eigenvalue weighted by atomic mass is 19.1. The standard InChI is InChI=1S/C9H18FNO/c1-7(2)3-4-11-9-6-12-5-8(9)10/h7-9,11H,3-6H2,1-2H3/t8-,9-/m1/s1. The van der Waals surface area contributed by atoms with Crippen LogP contribution >= 0.6 is 0 Å². The van der Waals surface area contributed by atoms with E-state index in [1.165, 1.54) is 0 Å². The molecule has 12 heavy (non-hydrogen) atoms. The van der Waals surface area contributed by atoms with Gasteiger partial charge in [-0.2, -0.15) is 0 Å². The molecule has 0 unspecified atom stereocenters. The first-order valence-electron chi connectivity index (χ1n) is 4.65. The Kier molecular flexibility index (Phi) is 3.95. The lowest BCUT2D eigenvalue weighted by Crippen LogP contribution is -2.37. The first-order chi connectivity index (χ1) is 5.70. The largest absolute Gasteiger partial charge is 0.377 e. The number of hydrogen-bond donors (Lipinski definition) is 1. The summed E-state index contributed by atoms with van der Waals surface area (Å²) in [6, 6.07) is -0.0660. The topological polar surface area (TPSA) is 21.3 Å². The van der Waals surface area contributed by atoms with E-state index in [4.69, 9.17) is 4.74 Å². The fourth-order valence-corrected chi connectivity index (χ4v) is 1.27. The molecule has 0 radical (unpaired) electrons. The zero-order valence-corrected chi connectivity index (χ0v) is 7.85. The van der Waals surface area contributed by atoms with Crippen LogP contribution in [-0.4, -0.2) is 32.0 Å². The Morgan fingerprint density at radius 1 is 1.50 bits per heavy atom. The highest BCUT2D eigenvalue weighted by Gasteiger charge is 2.26. The number of halogens is 1. The molecule has 1 heterocycles. The van der Waals surface area contributed by atoms with E-state index in [0.717, 1.165) is 13.0 Å². The molecule has 0 bridgehead atoms. The summed E-state index contributed by atoms with van der Waals surface area (Å²) < 4.78 is 17.9. The maximum Gasteiger partial charge on any atom is 0.141 e. The zero-order chi connectivity index (χ0) is 8.97. The van der Waals surface area contributed by atoms with Gasteiger partial charge in [0.25, 0.3) is 0 Å². The molecule has 0 aromatic carbocycles. The minimum absolute atomic E-state index is 0.0660. The van der Waals surface area contributed by atoms with Gasteiger partial charge in [0.1, 0.15) is 6.17 Å². The molecule has 2 atom stereocenters. The smallest absolute Gasteiger partial charge is 0.141 e. The molecule has 0 amide bonds. The van der Waals surface area contributed by atoms with Gasteiger partial charge in [0, 0.05) is 0 Å². The van der Waals surface area contributed by atoms with E-state index < -0.39 is 6.17 Å². The van der Waals surface area contributed by atoms with Crippen molar-refractivity contribution in [3.63, 3.8) is 0 Å². The van der Waals surface area contributed by atoms with E-state index in [1.807, 2.05) is 0 Å². The predicted octanol–water partition coefficient (Wildman–Crippen LogP) is 1.36. The maximum absolute atomic E-state index is 12.9. The van der Waals surface area contributed by atoms with Gasteiger partial charge in [0.15, 0.2) is 0 Å². The molecule has 0 aromatic rings. The molecule has 1 rings (SSSR count). The normalized spacial score (nSPS) is 30.0. The molecule has 0 saturated carbocycles. The van der Waals surface area contributed by atoms with Crippen LogP contribution in [0, 0.1) is 5.92 Å². The molecule has 0 spiro atoms. The maximum atomic E-state index is 12.9. The van der Waals surface area contributed by atoms with E-state index in [2.05, 4.69) is 19.2 Å². The Morgan fingerprint density at radius 3 is 2.75 bits per heavy atom. The molecule has 72 valence electrons. The summed E-state index contributed by atoms with van der Waals surface area (Å²) >= 11 is 0. The average molecular weight is 175 g/mol. The van der Waals surface area contributed by atoms with E-state index >= 15 is 0 Å². The predicted molar refractivity (Wildman–Crippen MR) is 47.0 cm³/mol. The molecule has 3 heteroatoms. The van der Waals surface area contributed by atoms with Crippen molar-refractivity contribution in [2.75, 3.05) is 19.8 Å². The van der Waals surface area contributed by atoms with E-state index in [-0.39, 0.29) is 12.6 Å². The molecule has 2 nitrogen and oxygen atoms in total. The molecule has 0 aromatic heterocycles. The van der Waals surface area contributed by atoms with Crippen LogP contribution in [0.1, 0.15) is 20.3 Å². The van der Waals surface area contributed by atoms with Crippen LogP contribution in [-0.2, 0) is 4.74 Å². The lowest BCUT2D eigenvalue weighted by molar-refractivity contribution is 0.172. The molecule has 1 fully saturated rings. The Morgan fingerprint density at radius 2 is 2.25 bits per heavy atom. The van der Waals surface area contributed by atoms with Gasteiger partial charge in [-0.05, 0) is 18.9 Å². The highest BCUT2D eigenvalue weighted by Crippen LogP contribution is 2.09. The zero-order valence-electron chi connectivity index (χ0n) is 7.85. The van der Waals surface area contributed by atoms with Gasteiger partial charge < -0.3 is 10.1 Å². The number of hydrogen-bond acceptors (Lipinski definition) is 2. The van der Waals surface area contributed by atoms with Crippen LogP contribution < -0.4 is 5.32 Å². The van der Waals surface area contributed by atoms with Crippen molar-refractivity contribution >= 4 is 0 Å². The van der Waals surface area contributed by atoms with Gasteiger partial charge in [-0.1, -0.05) is 13.8 Å². The molecule has 0 aliphatic carbocycles. The second-order valence-corrected chi connectivity index (χ2v) is 3.80. The van der Waals surface area contributed by atoms with Crippen molar-refractivity contribution in [1.82, 2.24) is 5.32 Å². The van der Waals surface area contributed by atoms with Crippen LogP contribution in [0.3, 0.4) is 0 Å². The van der Waals surface area contributed by atoms with Crippen molar-refractivity contribution in [2.24, 2.45) is 5.92 Å². The van der Waals surface area contributed by atoms with Crippen molar-refractivity contribution in [3.8, 4) is 0 Å². The summed E-state index contributed by atoms with van der Waals surface area (Å²) in [5, 5.41) is 3.16. The minimum atomic E-state index is -0.808. The molecule has 1 aliphatic heterocycles. The second kappa shape index (κ2) is 4.77. The number of rotatable bonds is 4. The van der Waals surface area contributed by atoms with Gasteiger partial charge in [0.2, 0.25) is 0 Å².